The third-order valence-corrected chi connectivity index (χ3v) is 5.91. The van der Waals surface area contributed by atoms with Crippen molar-refractivity contribution in [1.29, 1.82) is 0 Å². The maximum atomic E-state index is 12.1. The molecule has 2 aromatic carbocycles. The van der Waals surface area contributed by atoms with Crippen molar-refractivity contribution in [2.24, 2.45) is 5.10 Å². The summed E-state index contributed by atoms with van der Waals surface area (Å²) in [6.45, 7) is 0.109. The van der Waals surface area contributed by atoms with Gasteiger partial charge in [-0.15, -0.1) is 16.6 Å². The van der Waals surface area contributed by atoms with Gasteiger partial charge in [0.05, 0.1) is 28.6 Å². The van der Waals surface area contributed by atoms with E-state index in [0.29, 0.717) is 37.3 Å². The molecule has 0 saturated carbocycles. The molecule has 0 aliphatic rings. The van der Waals surface area contributed by atoms with Gasteiger partial charge in [0.1, 0.15) is 12.4 Å². The highest BCUT2D eigenvalue weighted by Gasteiger charge is 2.12. The number of carbonyl (C=O) groups excluding carboxylic acids is 1. The first-order valence-electron chi connectivity index (χ1n) is 9.68. The van der Waals surface area contributed by atoms with Crippen molar-refractivity contribution >= 4 is 63.0 Å². The molecule has 13 heteroatoms. The maximum Gasteiger partial charge on any atom is 0.277 e. The van der Waals surface area contributed by atoms with Gasteiger partial charge in [0.2, 0.25) is 0 Å². The molecule has 1 N–H and O–H groups in total. The van der Waals surface area contributed by atoms with Crippen molar-refractivity contribution in [1.82, 2.24) is 15.6 Å². The van der Waals surface area contributed by atoms with Gasteiger partial charge in [-0.3, -0.25) is 4.79 Å². The third kappa shape index (κ3) is 8.07. The van der Waals surface area contributed by atoms with Crippen molar-refractivity contribution in [2.75, 3.05) is 19.5 Å². The van der Waals surface area contributed by atoms with Crippen LogP contribution in [0.3, 0.4) is 0 Å². The Balaban J connectivity index is 1.47. The number of rotatable bonds is 11. The van der Waals surface area contributed by atoms with E-state index < -0.39 is 0 Å². The number of ether oxygens (including phenoxy) is 3. The highest BCUT2D eigenvalue weighted by molar-refractivity contribution is 9.10. The summed E-state index contributed by atoms with van der Waals surface area (Å²) in [6.07, 6.45) is 6.69. The summed E-state index contributed by atoms with van der Waals surface area (Å²) in [4.78, 5) is 12.1. The molecule has 0 saturated heterocycles. The van der Waals surface area contributed by atoms with Crippen LogP contribution < -0.4 is 19.6 Å². The van der Waals surface area contributed by atoms with Gasteiger partial charge < -0.3 is 18.6 Å². The molecular formula is C22H17BrCl2N4O5S. The van der Waals surface area contributed by atoms with E-state index in [4.69, 9.17) is 48.3 Å². The van der Waals surface area contributed by atoms with Crippen LogP contribution in [0.2, 0.25) is 10.0 Å². The van der Waals surface area contributed by atoms with E-state index in [1.165, 1.54) is 13.3 Å². The average molecular weight is 600 g/mol. The number of thioether (sulfide) groups is 1. The van der Waals surface area contributed by atoms with E-state index in [9.17, 15) is 4.79 Å². The van der Waals surface area contributed by atoms with Crippen molar-refractivity contribution in [3.8, 4) is 29.6 Å². The number of amides is 1. The molecule has 0 aliphatic heterocycles. The smallest absolute Gasteiger partial charge is 0.277 e. The number of hydrogen-bond donors (Lipinski definition) is 1. The quantitative estimate of drug-likeness (QED) is 0.142. The monoisotopic (exact) mass is 598 g/mol. The van der Waals surface area contributed by atoms with Gasteiger partial charge in [0.15, 0.2) is 18.1 Å². The molecule has 0 radical (unpaired) electrons. The number of aromatic nitrogens is 2. The number of hydrazone groups is 1. The van der Waals surface area contributed by atoms with Crippen LogP contribution in [0.15, 0.2) is 49.5 Å². The Kier molecular flexibility index (Phi) is 10.1. The zero-order valence-electron chi connectivity index (χ0n) is 18.1. The fraction of sp³-hybridized carbons (Fsp3) is 0.182. The molecule has 0 aliphatic carbocycles. The lowest BCUT2D eigenvalue weighted by Gasteiger charge is -2.11. The third-order valence-electron chi connectivity index (χ3n) is 3.97. The van der Waals surface area contributed by atoms with Gasteiger partial charge in [0, 0.05) is 5.02 Å². The first kappa shape index (κ1) is 26.7. The predicted octanol–water partition coefficient (Wildman–Crippen LogP) is 4.98. The highest BCUT2D eigenvalue weighted by Crippen LogP contribution is 2.36. The summed E-state index contributed by atoms with van der Waals surface area (Å²) >= 11 is 16.4. The number of halogens is 3. The second-order valence-electron chi connectivity index (χ2n) is 6.43. The van der Waals surface area contributed by atoms with Crippen molar-refractivity contribution < 1.29 is 23.4 Å². The predicted molar refractivity (Wildman–Crippen MR) is 137 cm³/mol. The Morgan fingerprint density at radius 3 is 2.86 bits per heavy atom. The zero-order chi connectivity index (χ0) is 25.2. The Labute approximate surface area is 223 Å². The summed E-state index contributed by atoms with van der Waals surface area (Å²) in [5.41, 5.74) is 3.09. The molecular weight excluding hydrogens is 583 g/mol. The Hall–Kier alpha value is -2.91. The normalized spacial score (nSPS) is 10.7. The molecule has 0 atom stereocenters. The fourth-order valence-corrected chi connectivity index (χ4v) is 4.10. The van der Waals surface area contributed by atoms with Crippen LogP contribution in [-0.4, -0.2) is 41.8 Å². The molecule has 0 unspecified atom stereocenters. The average Bonchev–Trinajstić information content (AvgIpc) is 3.29. The van der Waals surface area contributed by atoms with Crippen LogP contribution in [0.25, 0.3) is 0 Å². The molecule has 35 heavy (non-hydrogen) atoms. The number of methoxy groups -OCH3 is 1. The summed E-state index contributed by atoms with van der Waals surface area (Å²) in [6, 6.07) is 8.30. The van der Waals surface area contributed by atoms with Gasteiger partial charge in [-0.05, 0) is 51.8 Å². The molecule has 1 amide bonds. The summed E-state index contributed by atoms with van der Waals surface area (Å²) in [5.74, 6) is 3.64. The summed E-state index contributed by atoms with van der Waals surface area (Å²) in [5, 5.41) is 12.8. The minimum absolute atomic E-state index is 0.00866. The lowest BCUT2D eigenvalue weighted by Crippen LogP contribution is -2.19. The maximum absolute atomic E-state index is 12.1. The number of terminal acetylenes is 1. The molecule has 0 spiro atoms. The molecule has 3 aromatic rings. The Bertz CT molecular complexity index is 1270. The number of hydrogen-bond acceptors (Lipinski definition) is 9. The van der Waals surface area contributed by atoms with E-state index in [0.717, 1.165) is 11.8 Å². The van der Waals surface area contributed by atoms with Gasteiger partial charge in [-0.2, -0.15) is 5.10 Å². The highest BCUT2D eigenvalue weighted by atomic mass is 79.9. The summed E-state index contributed by atoms with van der Waals surface area (Å²) < 4.78 is 22.4. The van der Waals surface area contributed by atoms with Gasteiger partial charge in [0.25, 0.3) is 17.0 Å². The lowest BCUT2D eigenvalue weighted by molar-refractivity contribution is -0.118. The fourth-order valence-electron chi connectivity index (χ4n) is 2.49. The zero-order valence-corrected chi connectivity index (χ0v) is 22.0. The second kappa shape index (κ2) is 13.3. The van der Waals surface area contributed by atoms with Gasteiger partial charge >= 0.3 is 0 Å². The van der Waals surface area contributed by atoms with E-state index in [1.54, 1.807) is 30.3 Å². The van der Waals surface area contributed by atoms with Gasteiger partial charge in [-0.1, -0.05) is 40.9 Å². The largest absolute Gasteiger partial charge is 0.493 e. The number of nitrogens with one attached hydrogen (secondary N) is 1. The first-order chi connectivity index (χ1) is 16.9. The minimum atomic E-state index is -0.366. The van der Waals surface area contributed by atoms with Crippen molar-refractivity contribution in [2.45, 2.75) is 11.8 Å². The number of carbonyl (C=O) groups is 1. The molecule has 182 valence electrons. The van der Waals surface area contributed by atoms with Crippen LogP contribution in [0, 0.1) is 12.3 Å². The van der Waals surface area contributed by atoms with Crippen molar-refractivity contribution in [3.05, 3.63) is 56.3 Å². The second-order valence-corrected chi connectivity index (χ2v) is 9.06. The van der Waals surface area contributed by atoms with Crippen LogP contribution in [0.1, 0.15) is 11.5 Å². The molecule has 0 fully saturated rings. The SMILES string of the molecule is C#CCOc1c(Br)cc(/C=N\NC(=O)CSc2nnc(COc3ccc(Cl)cc3Cl)o2)cc1OC. The van der Waals surface area contributed by atoms with Crippen LogP contribution in [0.5, 0.6) is 17.2 Å². The Morgan fingerprint density at radius 2 is 2.11 bits per heavy atom. The molecule has 1 aromatic heterocycles. The summed E-state index contributed by atoms with van der Waals surface area (Å²) in [7, 11) is 1.51. The standard InChI is InChI=1S/C22H17BrCl2N4O5S/c1-3-6-32-21-15(23)7-13(8-18(21)31-2)10-26-27-19(30)12-35-22-29-28-20(34-22)11-33-17-5-4-14(24)9-16(17)25/h1,4-5,7-10H,6,11-12H2,2H3,(H,27,30)/b26-10-. The van der Waals surface area contributed by atoms with E-state index in [1.807, 2.05) is 0 Å². The van der Waals surface area contributed by atoms with Crippen LogP contribution in [0.4, 0.5) is 0 Å². The Morgan fingerprint density at radius 1 is 1.29 bits per heavy atom. The molecule has 0 bridgehead atoms. The van der Waals surface area contributed by atoms with Crippen molar-refractivity contribution in [3.63, 3.8) is 0 Å². The lowest BCUT2D eigenvalue weighted by atomic mass is 10.2. The molecule has 3 rings (SSSR count). The van der Waals surface area contributed by atoms with E-state index in [2.05, 4.69) is 42.6 Å². The van der Waals surface area contributed by atoms with Gasteiger partial charge in [-0.25, -0.2) is 5.43 Å². The van der Waals surface area contributed by atoms with Crippen LogP contribution >= 0.6 is 50.9 Å². The van der Waals surface area contributed by atoms with E-state index >= 15 is 0 Å². The topological polar surface area (TPSA) is 108 Å². The molecule has 9 nitrogen and oxygen atoms in total. The minimum Gasteiger partial charge on any atom is -0.493 e. The van der Waals surface area contributed by atoms with Crippen LogP contribution in [-0.2, 0) is 11.4 Å². The number of nitrogens with zero attached hydrogens (tertiary/aromatic N) is 3. The molecule has 1 heterocycles. The van der Waals surface area contributed by atoms with E-state index in [-0.39, 0.29) is 36.0 Å². The first-order valence-corrected chi connectivity index (χ1v) is 12.2. The number of benzene rings is 2.